The number of aryl methyl sites for hydroxylation is 1. The van der Waals surface area contributed by atoms with Crippen LogP contribution in [0.1, 0.15) is 25.3 Å². The number of amides is 1. The number of piperazine rings is 1. The van der Waals surface area contributed by atoms with Gasteiger partial charge in [-0.2, -0.15) is 0 Å². The predicted octanol–water partition coefficient (Wildman–Crippen LogP) is 2.80. The molecule has 2 aromatic carbocycles. The number of imidazole rings is 1. The van der Waals surface area contributed by atoms with Crippen LogP contribution in [0.2, 0.25) is 0 Å². The second-order valence-corrected chi connectivity index (χ2v) is 8.86. The van der Waals surface area contributed by atoms with E-state index in [9.17, 15) is 9.90 Å². The van der Waals surface area contributed by atoms with Gasteiger partial charge in [-0.05, 0) is 48.6 Å². The first kappa shape index (κ1) is 19.3. The number of benzene rings is 2. The third kappa shape index (κ3) is 3.50. The van der Waals surface area contributed by atoms with E-state index in [1.807, 2.05) is 22.8 Å². The van der Waals surface area contributed by atoms with Crippen molar-refractivity contribution in [3.05, 3.63) is 54.4 Å². The molecular formula is C24H28N4O2. The van der Waals surface area contributed by atoms with Crippen molar-refractivity contribution in [1.29, 1.82) is 0 Å². The van der Waals surface area contributed by atoms with E-state index in [-0.39, 0.29) is 11.9 Å². The number of fused-ring (bicyclic) bond motifs is 1. The minimum absolute atomic E-state index is 0.0803. The molecule has 6 nitrogen and oxygen atoms in total. The van der Waals surface area contributed by atoms with Crippen LogP contribution in [0.5, 0.6) is 0 Å². The highest BCUT2D eigenvalue weighted by Gasteiger charge is 2.50. The van der Waals surface area contributed by atoms with Crippen LogP contribution in [-0.4, -0.2) is 61.6 Å². The summed E-state index contributed by atoms with van der Waals surface area (Å²) in [5, 5.41) is 10.1. The van der Waals surface area contributed by atoms with E-state index in [2.05, 4.69) is 59.3 Å². The molecule has 2 aliphatic rings. The van der Waals surface area contributed by atoms with Crippen LogP contribution in [-0.2, 0) is 18.4 Å². The van der Waals surface area contributed by atoms with Gasteiger partial charge in [0.15, 0.2) is 0 Å². The molecule has 0 bridgehead atoms. The van der Waals surface area contributed by atoms with E-state index in [0.717, 1.165) is 24.1 Å². The average Bonchev–Trinajstić information content (AvgIpc) is 3.41. The molecule has 1 amide bonds. The Morgan fingerprint density at radius 3 is 2.57 bits per heavy atom. The molecule has 1 aliphatic heterocycles. The Hall–Kier alpha value is -2.70. The Morgan fingerprint density at radius 2 is 1.87 bits per heavy atom. The molecule has 2 heterocycles. The normalized spacial score (nSPS) is 21.2. The van der Waals surface area contributed by atoms with Crippen molar-refractivity contribution < 1.29 is 9.90 Å². The van der Waals surface area contributed by atoms with Crippen molar-refractivity contribution in [1.82, 2.24) is 19.4 Å². The van der Waals surface area contributed by atoms with Gasteiger partial charge in [0.25, 0.3) is 5.91 Å². The van der Waals surface area contributed by atoms with Crippen molar-refractivity contribution in [3.63, 3.8) is 0 Å². The summed E-state index contributed by atoms with van der Waals surface area (Å²) in [5.41, 5.74) is 4.71. The molecule has 2 fully saturated rings. The molecule has 0 spiro atoms. The van der Waals surface area contributed by atoms with Gasteiger partial charge in [0.1, 0.15) is 5.60 Å². The number of carbonyl (C=O) groups is 1. The second kappa shape index (κ2) is 7.22. The van der Waals surface area contributed by atoms with E-state index >= 15 is 0 Å². The van der Waals surface area contributed by atoms with Crippen LogP contribution < -0.4 is 0 Å². The van der Waals surface area contributed by atoms with Gasteiger partial charge in [-0.3, -0.25) is 9.69 Å². The summed E-state index contributed by atoms with van der Waals surface area (Å²) >= 11 is 0. The lowest BCUT2D eigenvalue weighted by atomic mass is 10.0. The zero-order chi connectivity index (χ0) is 20.9. The van der Waals surface area contributed by atoms with Crippen LogP contribution in [0.3, 0.4) is 0 Å². The zero-order valence-electron chi connectivity index (χ0n) is 17.6. The van der Waals surface area contributed by atoms with Gasteiger partial charge in [-0.25, -0.2) is 4.98 Å². The third-order valence-corrected chi connectivity index (χ3v) is 6.57. The molecule has 1 N–H and O–H groups in total. The Balaban J connectivity index is 1.24. The van der Waals surface area contributed by atoms with Gasteiger partial charge >= 0.3 is 0 Å². The maximum Gasteiger partial charge on any atom is 0.254 e. The van der Waals surface area contributed by atoms with Gasteiger partial charge in [0.05, 0.1) is 17.4 Å². The minimum atomic E-state index is -1.06. The molecule has 30 heavy (non-hydrogen) atoms. The molecule has 3 aromatic rings. The number of aliphatic hydroxyl groups is 1. The molecule has 156 valence electrons. The summed E-state index contributed by atoms with van der Waals surface area (Å²) in [6, 6.07) is 15.4. The first-order valence-corrected chi connectivity index (χ1v) is 10.7. The van der Waals surface area contributed by atoms with Crippen LogP contribution in [0, 0.1) is 0 Å². The molecule has 1 saturated carbocycles. The first-order valence-electron chi connectivity index (χ1n) is 10.7. The minimum Gasteiger partial charge on any atom is -0.380 e. The van der Waals surface area contributed by atoms with Crippen molar-refractivity contribution in [2.75, 3.05) is 19.6 Å². The van der Waals surface area contributed by atoms with Gasteiger partial charge in [0.2, 0.25) is 0 Å². The summed E-state index contributed by atoms with van der Waals surface area (Å²) in [6.07, 6.45) is 3.07. The summed E-state index contributed by atoms with van der Waals surface area (Å²) in [6.45, 7) is 5.23. The summed E-state index contributed by atoms with van der Waals surface area (Å²) in [5.74, 6) is -0.0803. The Kier molecular flexibility index (Phi) is 4.64. The lowest BCUT2D eigenvalue weighted by Crippen LogP contribution is -2.55. The maximum absolute atomic E-state index is 12.4. The highest BCUT2D eigenvalue weighted by atomic mass is 16.3. The van der Waals surface area contributed by atoms with E-state index in [0.29, 0.717) is 25.9 Å². The molecule has 5 rings (SSSR count). The summed E-state index contributed by atoms with van der Waals surface area (Å²) < 4.78 is 2.03. The lowest BCUT2D eigenvalue weighted by molar-refractivity contribution is -0.145. The van der Waals surface area contributed by atoms with Crippen molar-refractivity contribution in [2.24, 2.45) is 7.05 Å². The molecule has 1 aliphatic carbocycles. The monoisotopic (exact) mass is 404 g/mol. The standard InChI is InChI=1S/C24H28N4O2/c1-17-14-28(23(29)24(30)9-10-24)12-11-27(17)15-18-3-5-19(6-4-18)20-7-8-22-21(13-20)25-16-26(22)2/h3-8,13,16-17,30H,9-12,14-15H2,1-2H3/t17-/m1/s1. The molecule has 6 heteroatoms. The van der Waals surface area contributed by atoms with E-state index in [4.69, 9.17) is 0 Å². The molecular weight excluding hydrogens is 376 g/mol. The van der Waals surface area contributed by atoms with Crippen molar-refractivity contribution in [3.8, 4) is 11.1 Å². The van der Waals surface area contributed by atoms with E-state index < -0.39 is 5.60 Å². The topological polar surface area (TPSA) is 61.6 Å². The van der Waals surface area contributed by atoms with Gasteiger partial charge in [-0.1, -0.05) is 30.3 Å². The lowest BCUT2D eigenvalue weighted by Gasteiger charge is -2.40. The van der Waals surface area contributed by atoms with Gasteiger partial charge < -0.3 is 14.6 Å². The zero-order valence-corrected chi connectivity index (χ0v) is 17.6. The third-order valence-electron chi connectivity index (χ3n) is 6.57. The molecule has 0 unspecified atom stereocenters. The SMILES string of the molecule is C[C@@H]1CN(C(=O)C2(O)CC2)CCN1Cc1ccc(-c2ccc3c(c2)ncn3C)cc1. The Labute approximate surface area is 176 Å². The summed E-state index contributed by atoms with van der Waals surface area (Å²) in [7, 11) is 2.01. The number of rotatable bonds is 4. The van der Waals surface area contributed by atoms with E-state index in [1.165, 1.54) is 16.7 Å². The second-order valence-electron chi connectivity index (χ2n) is 8.86. The number of hydrogen-bond acceptors (Lipinski definition) is 4. The number of nitrogens with zero attached hydrogens (tertiary/aromatic N) is 4. The Morgan fingerprint density at radius 1 is 1.13 bits per heavy atom. The van der Waals surface area contributed by atoms with Crippen LogP contribution >= 0.6 is 0 Å². The van der Waals surface area contributed by atoms with Crippen LogP contribution in [0.25, 0.3) is 22.2 Å². The average molecular weight is 405 g/mol. The Bertz CT molecular complexity index is 1080. The number of hydrogen-bond donors (Lipinski definition) is 1. The van der Waals surface area contributed by atoms with Gasteiger partial charge in [-0.15, -0.1) is 0 Å². The fraction of sp³-hybridized carbons (Fsp3) is 0.417. The molecule has 1 saturated heterocycles. The van der Waals surface area contributed by atoms with Crippen LogP contribution in [0.4, 0.5) is 0 Å². The summed E-state index contributed by atoms with van der Waals surface area (Å²) in [4.78, 5) is 21.1. The van der Waals surface area contributed by atoms with E-state index in [1.54, 1.807) is 0 Å². The molecule has 1 aromatic heterocycles. The smallest absolute Gasteiger partial charge is 0.254 e. The van der Waals surface area contributed by atoms with Crippen LogP contribution in [0.15, 0.2) is 48.8 Å². The number of carbonyl (C=O) groups excluding carboxylic acids is 1. The predicted molar refractivity (Wildman–Crippen MR) is 117 cm³/mol. The fourth-order valence-corrected chi connectivity index (χ4v) is 4.39. The highest BCUT2D eigenvalue weighted by molar-refractivity contribution is 5.88. The van der Waals surface area contributed by atoms with Crippen molar-refractivity contribution >= 4 is 16.9 Å². The molecule has 0 radical (unpaired) electrons. The number of aromatic nitrogens is 2. The maximum atomic E-state index is 12.4. The first-order chi connectivity index (χ1) is 14.4. The largest absolute Gasteiger partial charge is 0.380 e. The quantitative estimate of drug-likeness (QED) is 0.726. The van der Waals surface area contributed by atoms with Gasteiger partial charge in [0, 0.05) is 39.3 Å². The molecule has 1 atom stereocenters. The highest BCUT2D eigenvalue weighted by Crippen LogP contribution is 2.37. The fourth-order valence-electron chi connectivity index (χ4n) is 4.39. The van der Waals surface area contributed by atoms with Crippen molar-refractivity contribution in [2.45, 2.75) is 38.0 Å².